The second kappa shape index (κ2) is 13.2. The molecule has 0 radical (unpaired) electrons. The summed E-state index contributed by atoms with van der Waals surface area (Å²) >= 11 is 1.15. The summed E-state index contributed by atoms with van der Waals surface area (Å²) in [4.78, 5) is 40.3. The third-order valence-corrected chi connectivity index (χ3v) is 7.81. The van der Waals surface area contributed by atoms with Gasteiger partial charge in [0.1, 0.15) is 24.4 Å². The molecule has 3 heterocycles. The third kappa shape index (κ3) is 7.08. The lowest BCUT2D eigenvalue weighted by molar-refractivity contribution is -0.213. The van der Waals surface area contributed by atoms with Gasteiger partial charge in [-0.25, -0.2) is 17.9 Å². The number of esters is 3. The number of carbonyl (C=O) groups is 3. The first-order chi connectivity index (χ1) is 19.8. The summed E-state index contributed by atoms with van der Waals surface area (Å²) in [6.07, 6.45) is -0.190. The molecular formula is C25H22BrF3N4O8S. The van der Waals surface area contributed by atoms with E-state index in [1.807, 2.05) is 0 Å². The van der Waals surface area contributed by atoms with Crippen LogP contribution in [0.3, 0.4) is 0 Å². The Morgan fingerprint density at radius 2 is 1.67 bits per heavy atom. The SMILES string of the molecule is CC(=O)OCC1OC([S+]([O-])c2cncc(Br)c2)C(OC(C)=O)C(n2cc(-c3cc(F)c(F)c(F)c3)nn2)C1OC(C)=O. The van der Waals surface area contributed by atoms with Crippen LogP contribution in [0.5, 0.6) is 0 Å². The molecule has 3 aromatic rings. The number of ether oxygens (including phenoxy) is 4. The van der Waals surface area contributed by atoms with Gasteiger partial charge in [-0.1, -0.05) is 5.21 Å². The average Bonchev–Trinajstić information content (AvgIpc) is 3.40. The van der Waals surface area contributed by atoms with Gasteiger partial charge in [0.25, 0.3) is 5.44 Å². The van der Waals surface area contributed by atoms with Crippen molar-refractivity contribution in [1.29, 1.82) is 0 Å². The maximum atomic E-state index is 13.9. The molecule has 0 saturated carbocycles. The zero-order valence-electron chi connectivity index (χ0n) is 22.0. The number of benzene rings is 1. The molecule has 12 nitrogen and oxygen atoms in total. The highest BCUT2D eigenvalue weighted by atomic mass is 79.9. The summed E-state index contributed by atoms with van der Waals surface area (Å²) in [6.45, 7) is 2.84. The van der Waals surface area contributed by atoms with E-state index in [0.29, 0.717) is 16.6 Å². The topological polar surface area (TPSA) is 155 Å². The van der Waals surface area contributed by atoms with Crippen molar-refractivity contribution in [2.24, 2.45) is 0 Å². The Hall–Kier alpha value is -3.54. The predicted octanol–water partition coefficient (Wildman–Crippen LogP) is 3.02. The van der Waals surface area contributed by atoms with Crippen LogP contribution in [0, 0.1) is 17.5 Å². The van der Waals surface area contributed by atoms with Crippen LogP contribution in [0.1, 0.15) is 26.8 Å². The molecule has 1 aliphatic rings. The molecule has 0 aliphatic carbocycles. The van der Waals surface area contributed by atoms with E-state index < -0.39 is 82.9 Å². The van der Waals surface area contributed by atoms with Gasteiger partial charge in [0.2, 0.25) is 6.10 Å². The van der Waals surface area contributed by atoms with Crippen molar-refractivity contribution < 1.29 is 51.1 Å². The second-order valence-electron chi connectivity index (χ2n) is 8.96. The van der Waals surface area contributed by atoms with Crippen LogP contribution in [0.4, 0.5) is 13.2 Å². The molecule has 1 aliphatic heterocycles. The molecule has 1 fully saturated rings. The van der Waals surface area contributed by atoms with Gasteiger partial charge in [-0.05, 0) is 28.1 Å². The minimum Gasteiger partial charge on any atom is -0.609 e. The fourth-order valence-corrected chi connectivity index (χ4v) is 6.15. The molecule has 0 amide bonds. The Morgan fingerprint density at radius 1 is 1.02 bits per heavy atom. The standard InChI is InChI=1S/C25H22BrF3N4O8S/c1-11(34)38-10-20-23(39-12(2)35)22(33-9-19(31-32-33)14-4-17(27)21(29)18(28)5-14)24(40-13(3)36)25(41-20)42(37)16-6-15(26)7-30-8-16/h4-9,20,22-25H,10H2,1-3H3. The Balaban J connectivity index is 1.85. The van der Waals surface area contributed by atoms with Crippen molar-refractivity contribution in [2.75, 3.05) is 6.61 Å². The van der Waals surface area contributed by atoms with Crippen molar-refractivity contribution in [3.05, 3.63) is 58.7 Å². The van der Waals surface area contributed by atoms with Crippen molar-refractivity contribution in [3.63, 3.8) is 0 Å². The fourth-order valence-electron chi connectivity index (χ4n) is 4.25. The van der Waals surface area contributed by atoms with E-state index in [1.54, 1.807) is 0 Å². The summed E-state index contributed by atoms with van der Waals surface area (Å²) in [5, 5.41) is 7.88. The van der Waals surface area contributed by atoms with E-state index in [1.165, 1.54) is 24.7 Å². The largest absolute Gasteiger partial charge is 0.609 e. The number of pyridine rings is 1. The fraction of sp³-hybridized carbons (Fsp3) is 0.360. The number of nitrogens with zero attached hydrogens (tertiary/aromatic N) is 4. The molecule has 4 rings (SSSR count). The van der Waals surface area contributed by atoms with Crippen molar-refractivity contribution in [1.82, 2.24) is 20.0 Å². The Morgan fingerprint density at radius 3 is 2.26 bits per heavy atom. The molecule has 1 saturated heterocycles. The Kier molecular flexibility index (Phi) is 9.85. The van der Waals surface area contributed by atoms with Gasteiger partial charge in [0, 0.05) is 54.2 Å². The Bertz CT molecular complexity index is 1470. The summed E-state index contributed by atoms with van der Waals surface area (Å²) in [7, 11) is 0. The number of halogens is 4. The van der Waals surface area contributed by atoms with Crippen LogP contribution in [0.25, 0.3) is 11.3 Å². The van der Waals surface area contributed by atoms with Gasteiger partial charge in [0.15, 0.2) is 28.5 Å². The van der Waals surface area contributed by atoms with Gasteiger partial charge in [-0.3, -0.25) is 19.4 Å². The highest BCUT2D eigenvalue weighted by Gasteiger charge is 2.56. The first kappa shape index (κ1) is 31.4. The van der Waals surface area contributed by atoms with Crippen LogP contribution in [0.15, 0.2) is 46.2 Å². The molecule has 2 aromatic heterocycles. The predicted molar refractivity (Wildman–Crippen MR) is 139 cm³/mol. The van der Waals surface area contributed by atoms with Gasteiger partial charge in [0.05, 0.1) is 12.4 Å². The smallest absolute Gasteiger partial charge is 0.303 e. The van der Waals surface area contributed by atoms with Gasteiger partial charge >= 0.3 is 17.9 Å². The number of rotatable bonds is 8. The average molecular weight is 675 g/mol. The normalized spacial score (nSPS) is 22.7. The lowest BCUT2D eigenvalue weighted by Crippen LogP contribution is -2.60. The van der Waals surface area contributed by atoms with Gasteiger partial charge < -0.3 is 23.5 Å². The molecular weight excluding hydrogens is 653 g/mol. The first-order valence-corrected chi connectivity index (χ1v) is 14.1. The van der Waals surface area contributed by atoms with E-state index in [9.17, 15) is 32.1 Å². The minimum absolute atomic E-state index is 0.132. The highest BCUT2D eigenvalue weighted by Crippen LogP contribution is 2.39. The number of carbonyl (C=O) groups excluding carboxylic acids is 3. The third-order valence-electron chi connectivity index (χ3n) is 5.89. The van der Waals surface area contributed by atoms with Crippen molar-refractivity contribution in [2.45, 2.75) is 55.5 Å². The molecule has 6 unspecified atom stereocenters. The molecule has 17 heteroatoms. The summed E-state index contributed by atoms with van der Waals surface area (Å²) in [6, 6.07) is 1.57. The monoisotopic (exact) mass is 674 g/mol. The van der Waals surface area contributed by atoms with Crippen LogP contribution >= 0.6 is 15.9 Å². The van der Waals surface area contributed by atoms with E-state index in [0.717, 1.165) is 25.5 Å². The number of hydrogen-bond acceptors (Lipinski definition) is 11. The van der Waals surface area contributed by atoms with Gasteiger partial charge in [-0.2, -0.15) is 0 Å². The summed E-state index contributed by atoms with van der Waals surface area (Å²) in [5.41, 5.74) is -1.78. The second-order valence-corrected chi connectivity index (χ2v) is 11.4. The maximum absolute atomic E-state index is 13.9. The van der Waals surface area contributed by atoms with Crippen LogP contribution in [0.2, 0.25) is 0 Å². The van der Waals surface area contributed by atoms with Crippen LogP contribution < -0.4 is 0 Å². The molecule has 6 atom stereocenters. The summed E-state index contributed by atoms with van der Waals surface area (Å²) in [5.74, 6) is -6.95. The molecule has 1 aromatic carbocycles. The highest BCUT2D eigenvalue weighted by molar-refractivity contribution is 9.10. The maximum Gasteiger partial charge on any atom is 0.303 e. The van der Waals surface area contributed by atoms with Crippen LogP contribution in [-0.2, 0) is 44.5 Å². The molecule has 0 bridgehead atoms. The quantitative estimate of drug-likeness (QED) is 0.150. The van der Waals surface area contributed by atoms with Crippen LogP contribution in [-0.4, -0.2) is 72.8 Å². The first-order valence-electron chi connectivity index (χ1n) is 12.1. The minimum atomic E-state index is -2.10. The van der Waals surface area contributed by atoms with Gasteiger partial charge in [-0.15, -0.1) is 5.10 Å². The van der Waals surface area contributed by atoms with E-state index in [4.69, 9.17) is 18.9 Å². The molecule has 224 valence electrons. The lowest BCUT2D eigenvalue weighted by atomic mass is 9.96. The lowest BCUT2D eigenvalue weighted by Gasteiger charge is -2.44. The molecule has 0 N–H and O–H groups in total. The Labute approximate surface area is 247 Å². The summed E-state index contributed by atoms with van der Waals surface area (Å²) < 4.78 is 79.0. The number of hydrogen-bond donors (Lipinski definition) is 0. The number of aromatic nitrogens is 4. The zero-order valence-corrected chi connectivity index (χ0v) is 24.4. The molecule has 42 heavy (non-hydrogen) atoms. The zero-order chi connectivity index (χ0) is 30.7. The van der Waals surface area contributed by atoms with Crippen molar-refractivity contribution in [3.8, 4) is 11.3 Å². The van der Waals surface area contributed by atoms with E-state index in [-0.39, 0.29) is 16.2 Å². The van der Waals surface area contributed by atoms with E-state index >= 15 is 0 Å². The molecule has 0 spiro atoms. The van der Waals surface area contributed by atoms with Crippen molar-refractivity contribution >= 4 is 45.0 Å². The van der Waals surface area contributed by atoms with E-state index in [2.05, 4.69) is 31.2 Å².